The van der Waals surface area contributed by atoms with E-state index >= 15 is 0 Å². The van der Waals surface area contributed by atoms with Crippen LogP contribution in [0.25, 0.3) is 0 Å². The average molecular weight is 320 g/mol. The fourth-order valence-corrected chi connectivity index (χ4v) is 5.95. The summed E-state index contributed by atoms with van der Waals surface area (Å²) in [6, 6.07) is 0. The standard InChI is InChI=1S/C13H24N2O3S2/c1-3-13(5-6-14-10-13)12(16)15-7-8-19-9-11(15)20(17,18)4-2/h11,14H,3-10H2,1-2H3. The Morgan fingerprint density at radius 2 is 2.20 bits per heavy atom. The number of carbonyl (C=O) groups is 1. The molecule has 20 heavy (non-hydrogen) atoms. The van der Waals surface area contributed by atoms with Gasteiger partial charge < -0.3 is 10.2 Å². The number of nitrogens with one attached hydrogen (secondary N) is 1. The van der Waals surface area contributed by atoms with Gasteiger partial charge in [0.05, 0.1) is 5.41 Å². The summed E-state index contributed by atoms with van der Waals surface area (Å²) in [5.74, 6) is 1.47. The zero-order valence-corrected chi connectivity index (χ0v) is 13.9. The molecule has 0 radical (unpaired) electrons. The molecule has 0 bridgehead atoms. The summed E-state index contributed by atoms with van der Waals surface area (Å²) in [4.78, 5) is 14.6. The zero-order valence-electron chi connectivity index (χ0n) is 12.2. The van der Waals surface area contributed by atoms with Crippen LogP contribution in [0.1, 0.15) is 26.7 Å². The summed E-state index contributed by atoms with van der Waals surface area (Å²) in [6.07, 6.45) is 1.58. The van der Waals surface area contributed by atoms with Crippen LogP contribution in [-0.2, 0) is 14.6 Å². The maximum atomic E-state index is 12.9. The van der Waals surface area contributed by atoms with Gasteiger partial charge in [0, 0.05) is 30.3 Å². The number of nitrogens with zero attached hydrogens (tertiary/aromatic N) is 1. The fourth-order valence-electron chi connectivity index (χ4n) is 2.99. The largest absolute Gasteiger partial charge is 0.323 e. The van der Waals surface area contributed by atoms with Crippen LogP contribution in [0.15, 0.2) is 0 Å². The number of hydrogen-bond donors (Lipinski definition) is 1. The molecule has 0 aliphatic carbocycles. The number of carbonyl (C=O) groups excluding carboxylic acids is 1. The first-order valence-corrected chi connectivity index (χ1v) is 10.1. The van der Waals surface area contributed by atoms with Crippen molar-refractivity contribution in [3.63, 3.8) is 0 Å². The summed E-state index contributed by atoms with van der Waals surface area (Å²) in [5.41, 5.74) is -0.399. The Labute approximate surface area is 125 Å². The Morgan fingerprint density at radius 1 is 1.45 bits per heavy atom. The lowest BCUT2D eigenvalue weighted by molar-refractivity contribution is -0.141. The number of amides is 1. The van der Waals surface area contributed by atoms with E-state index in [0.29, 0.717) is 18.8 Å². The highest BCUT2D eigenvalue weighted by atomic mass is 32.2. The molecule has 2 saturated heterocycles. The second kappa shape index (κ2) is 6.23. The van der Waals surface area contributed by atoms with Crippen molar-refractivity contribution in [2.24, 2.45) is 5.41 Å². The monoisotopic (exact) mass is 320 g/mol. The Morgan fingerprint density at radius 3 is 2.75 bits per heavy atom. The molecular weight excluding hydrogens is 296 g/mol. The summed E-state index contributed by atoms with van der Waals surface area (Å²) in [5, 5.41) is 2.61. The minimum Gasteiger partial charge on any atom is -0.323 e. The van der Waals surface area contributed by atoms with E-state index in [-0.39, 0.29) is 11.7 Å². The SMILES string of the molecule is CCC1(C(=O)N2CCSCC2S(=O)(=O)CC)CCNC1. The van der Waals surface area contributed by atoms with E-state index in [1.165, 1.54) is 0 Å². The third kappa shape index (κ3) is 2.85. The number of sulfone groups is 1. The van der Waals surface area contributed by atoms with Crippen molar-refractivity contribution in [2.45, 2.75) is 32.1 Å². The van der Waals surface area contributed by atoms with E-state index < -0.39 is 20.6 Å². The van der Waals surface area contributed by atoms with Crippen LogP contribution in [0, 0.1) is 5.41 Å². The highest BCUT2D eigenvalue weighted by Crippen LogP contribution is 2.34. The van der Waals surface area contributed by atoms with Crippen molar-refractivity contribution in [1.82, 2.24) is 10.2 Å². The minimum absolute atomic E-state index is 0.0346. The van der Waals surface area contributed by atoms with E-state index in [4.69, 9.17) is 0 Å². The molecule has 0 aromatic carbocycles. The van der Waals surface area contributed by atoms with Crippen LogP contribution in [0.2, 0.25) is 0 Å². The number of thioether (sulfide) groups is 1. The highest BCUT2D eigenvalue weighted by molar-refractivity contribution is 8.01. The molecule has 0 aromatic rings. The molecule has 2 unspecified atom stereocenters. The molecule has 2 rings (SSSR count). The number of rotatable bonds is 4. The highest BCUT2D eigenvalue weighted by Gasteiger charge is 2.46. The Hall–Kier alpha value is -0.270. The lowest BCUT2D eigenvalue weighted by Crippen LogP contribution is -2.55. The average Bonchev–Trinajstić information content (AvgIpc) is 2.96. The van der Waals surface area contributed by atoms with Gasteiger partial charge in [0.1, 0.15) is 5.37 Å². The topological polar surface area (TPSA) is 66.5 Å². The van der Waals surface area contributed by atoms with Crippen molar-refractivity contribution in [1.29, 1.82) is 0 Å². The molecule has 2 heterocycles. The van der Waals surface area contributed by atoms with Crippen molar-refractivity contribution in [2.75, 3.05) is 36.9 Å². The van der Waals surface area contributed by atoms with Crippen LogP contribution < -0.4 is 5.32 Å². The predicted octanol–water partition coefficient (Wildman–Crippen LogP) is 0.712. The van der Waals surface area contributed by atoms with Gasteiger partial charge in [0.25, 0.3) is 0 Å². The zero-order chi connectivity index (χ0) is 14.8. The van der Waals surface area contributed by atoms with Crippen molar-refractivity contribution in [3.05, 3.63) is 0 Å². The minimum atomic E-state index is -3.22. The van der Waals surface area contributed by atoms with Gasteiger partial charge in [-0.15, -0.1) is 0 Å². The lowest BCUT2D eigenvalue weighted by Gasteiger charge is -2.40. The van der Waals surface area contributed by atoms with Crippen LogP contribution in [0.3, 0.4) is 0 Å². The maximum absolute atomic E-state index is 12.9. The molecule has 1 amide bonds. The molecular formula is C13H24N2O3S2. The van der Waals surface area contributed by atoms with Gasteiger partial charge in [0.15, 0.2) is 9.84 Å². The molecule has 1 N–H and O–H groups in total. The second-order valence-electron chi connectivity index (χ2n) is 5.54. The molecule has 2 atom stereocenters. The molecule has 2 fully saturated rings. The summed E-state index contributed by atoms with van der Waals surface area (Å²) < 4.78 is 24.5. The second-order valence-corrected chi connectivity index (χ2v) is 9.14. The van der Waals surface area contributed by atoms with Crippen LogP contribution in [0.5, 0.6) is 0 Å². The van der Waals surface area contributed by atoms with Crippen molar-refractivity contribution < 1.29 is 13.2 Å². The van der Waals surface area contributed by atoms with E-state index in [1.54, 1.807) is 23.6 Å². The summed E-state index contributed by atoms with van der Waals surface area (Å²) in [7, 11) is -3.22. The molecule has 2 aliphatic rings. The lowest BCUT2D eigenvalue weighted by atomic mass is 9.82. The first kappa shape index (κ1) is 16.1. The van der Waals surface area contributed by atoms with Gasteiger partial charge in [-0.1, -0.05) is 13.8 Å². The Balaban J connectivity index is 2.26. The molecule has 0 aromatic heterocycles. The molecule has 116 valence electrons. The van der Waals surface area contributed by atoms with Gasteiger partial charge in [-0.05, 0) is 19.4 Å². The fraction of sp³-hybridized carbons (Fsp3) is 0.923. The van der Waals surface area contributed by atoms with Crippen LogP contribution >= 0.6 is 11.8 Å². The van der Waals surface area contributed by atoms with Crippen LogP contribution in [0.4, 0.5) is 0 Å². The normalized spacial score (nSPS) is 31.5. The molecule has 5 nitrogen and oxygen atoms in total. The molecule has 2 aliphatic heterocycles. The summed E-state index contributed by atoms with van der Waals surface area (Å²) in [6.45, 7) is 5.74. The van der Waals surface area contributed by atoms with E-state index in [0.717, 1.165) is 25.1 Å². The van der Waals surface area contributed by atoms with E-state index in [2.05, 4.69) is 5.32 Å². The van der Waals surface area contributed by atoms with E-state index in [9.17, 15) is 13.2 Å². The first-order chi connectivity index (χ1) is 9.47. The Kier molecular flexibility index (Phi) is 5.02. The summed E-state index contributed by atoms with van der Waals surface area (Å²) >= 11 is 1.63. The van der Waals surface area contributed by atoms with Gasteiger partial charge in [-0.25, -0.2) is 8.42 Å². The van der Waals surface area contributed by atoms with Crippen LogP contribution in [-0.4, -0.2) is 61.5 Å². The predicted molar refractivity (Wildman–Crippen MR) is 82.5 cm³/mol. The smallest absolute Gasteiger partial charge is 0.231 e. The molecule has 7 heteroatoms. The van der Waals surface area contributed by atoms with Crippen molar-refractivity contribution >= 4 is 27.5 Å². The molecule has 0 saturated carbocycles. The van der Waals surface area contributed by atoms with Crippen molar-refractivity contribution in [3.8, 4) is 0 Å². The maximum Gasteiger partial charge on any atom is 0.231 e. The molecule has 0 spiro atoms. The third-order valence-electron chi connectivity index (χ3n) is 4.54. The quantitative estimate of drug-likeness (QED) is 0.826. The van der Waals surface area contributed by atoms with E-state index in [1.807, 2.05) is 6.92 Å². The van der Waals surface area contributed by atoms with Gasteiger partial charge in [-0.2, -0.15) is 11.8 Å². The van der Waals surface area contributed by atoms with Gasteiger partial charge in [-0.3, -0.25) is 4.79 Å². The number of hydrogen-bond acceptors (Lipinski definition) is 5. The third-order valence-corrected chi connectivity index (χ3v) is 7.83. The van der Waals surface area contributed by atoms with Gasteiger partial charge in [0.2, 0.25) is 5.91 Å². The Bertz CT molecular complexity index is 458. The first-order valence-electron chi connectivity index (χ1n) is 7.28. The van der Waals surface area contributed by atoms with Gasteiger partial charge >= 0.3 is 0 Å².